The molecule has 3 aliphatic rings. The fraction of sp³-hybridized carbons (Fsp3) is 0.868. The van der Waals surface area contributed by atoms with Gasteiger partial charge in [0.15, 0.2) is 33.1 Å². The third-order valence-electron chi connectivity index (χ3n) is 15.7. The van der Waals surface area contributed by atoms with E-state index in [4.69, 9.17) is 51.9 Å². The molecule has 0 spiro atoms. The molecule has 0 amide bonds. The van der Waals surface area contributed by atoms with Crippen molar-refractivity contribution in [1.82, 2.24) is 4.90 Å². The van der Waals surface area contributed by atoms with Crippen molar-refractivity contribution in [1.29, 1.82) is 0 Å². The van der Waals surface area contributed by atoms with Crippen LogP contribution in [0.2, 0.25) is 18.1 Å². The van der Waals surface area contributed by atoms with Crippen molar-refractivity contribution in [2.75, 3.05) is 34.4 Å². The van der Waals surface area contributed by atoms with E-state index in [1.165, 1.54) is 34.8 Å². The number of hydrogen-bond acceptors (Lipinski definition) is 19. The van der Waals surface area contributed by atoms with Crippen LogP contribution in [0, 0.1) is 23.7 Å². The fourth-order valence-corrected chi connectivity index (χ4v) is 11.3. The number of rotatable bonds is 16. The molecule has 2 N–H and O–H groups in total. The second kappa shape index (κ2) is 26.4. The van der Waals surface area contributed by atoms with Crippen LogP contribution in [0.4, 0.5) is 0 Å². The Morgan fingerprint density at radius 3 is 1.99 bits per heavy atom. The maximum Gasteiger partial charge on any atom is 0.331 e. The number of cyclic esters (lactones) is 1. The standard InChI is InChI=1S/C53H94N2O17Si/c1-22-40-53(16,61)45(59)32(4)42(54-72-38(10)58)30(2)28-52(15,63-25-23-24-26-64-73(20,21)50(11,12)13)46(71-49-44(67-36(8)56)39(55(17)18)27-31(3)65-49)33(5)43(34(6)48(60)69-40)70-41-29-51(14,62-19)47(35(7)66-41)68-37(9)57/h23-24,30-35,39-41,43-47,49,59,61H,22,25-29H2,1-21H3/b24-23+,54-42?/t30-,31-,32+,33+,34-,35+,39+,40-,41?,43+,44-,45-,46-,47+,49+,51-,52-,53-/m1/s1. The van der Waals surface area contributed by atoms with Crippen LogP contribution in [0.15, 0.2) is 17.3 Å². The van der Waals surface area contributed by atoms with Crippen molar-refractivity contribution >= 4 is 37.9 Å². The first-order valence-corrected chi connectivity index (χ1v) is 28.9. The summed E-state index contributed by atoms with van der Waals surface area (Å²) in [5.74, 6) is -6.17. The first-order chi connectivity index (χ1) is 33.6. The molecule has 3 heterocycles. The molecular formula is C53H94N2O17Si. The zero-order valence-electron chi connectivity index (χ0n) is 48.0. The molecule has 3 rings (SSSR count). The zero-order valence-corrected chi connectivity index (χ0v) is 49.0. The van der Waals surface area contributed by atoms with Crippen LogP contribution in [-0.4, -0.2) is 172 Å². The lowest BCUT2D eigenvalue weighted by atomic mass is 9.73. The van der Waals surface area contributed by atoms with Gasteiger partial charge in [-0.3, -0.25) is 14.4 Å². The van der Waals surface area contributed by atoms with Gasteiger partial charge in [-0.1, -0.05) is 65.8 Å². The topological polar surface area (TPSA) is 226 Å². The average Bonchev–Trinajstić information content (AvgIpc) is 3.27. The van der Waals surface area contributed by atoms with Gasteiger partial charge in [-0.25, -0.2) is 4.79 Å². The molecule has 0 aromatic carbocycles. The van der Waals surface area contributed by atoms with Gasteiger partial charge in [0.2, 0.25) is 0 Å². The van der Waals surface area contributed by atoms with Crippen LogP contribution < -0.4 is 0 Å². The van der Waals surface area contributed by atoms with Crippen LogP contribution in [-0.2, 0) is 71.1 Å². The van der Waals surface area contributed by atoms with Gasteiger partial charge < -0.3 is 67.0 Å². The molecule has 73 heavy (non-hydrogen) atoms. The van der Waals surface area contributed by atoms with Crippen molar-refractivity contribution in [3.8, 4) is 0 Å². The molecule has 20 heteroatoms. The molecule has 0 bridgehead atoms. The minimum absolute atomic E-state index is 0.0163. The predicted octanol–water partition coefficient (Wildman–Crippen LogP) is 6.88. The average molecular weight is 1060 g/mol. The highest BCUT2D eigenvalue weighted by Crippen LogP contribution is 2.43. The molecule has 3 fully saturated rings. The highest BCUT2D eigenvalue weighted by Gasteiger charge is 2.55. The predicted molar refractivity (Wildman–Crippen MR) is 276 cm³/mol. The van der Waals surface area contributed by atoms with Gasteiger partial charge in [-0.05, 0) is 93.0 Å². The molecule has 18 atom stereocenters. The first kappa shape index (κ1) is 64.4. The van der Waals surface area contributed by atoms with E-state index in [9.17, 15) is 29.4 Å². The lowest BCUT2D eigenvalue weighted by Gasteiger charge is -2.50. The first-order valence-electron chi connectivity index (χ1n) is 26.0. The van der Waals surface area contributed by atoms with E-state index >= 15 is 0 Å². The van der Waals surface area contributed by atoms with Gasteiger partial charge in [0.25, 0.3) is 0 Å². The van der Waals surface area contributed by atoms with E-state index in [1.54, 1.807) is 34.6 Å². The Morgan fingerprint density at radius 2 is 1.45 bits per heavy atom. The van der Waals surface area contributed by atoms with Crippen molar-refractivity contribution in [3.63, 3.8) is 0 Å². The van der Waals surface area contributed by atoms with Crippen molar-refractivity contribution in [2.24, 2.45) is 28.8 Å². The number of nitrogens with zero attached hydrogens (tertiary/aromatic N) is 2. The van der Waals surface area contributed by atoms with E-state index in [0.717, 1.165) is 0 Å². The van der Waals surface area contributed by atoms with E-state index in [0.29, 0.717) is 13.0 Å². The molecule has 0 saturated carbocycles. The number of methoxy groups -OCH3 is 1. The smallest absolute Gasteiger partial charge is 0.331 e. The van der Waals surface area contributed by atoms with Gasteiger partial charge in [-0.15, -0.1) is 0 Å². The van der Waals surface area contributed by atoms with E-state index < -0.39 is 128 Å². The molecule has 3 saturated heterocycles. The Labute approximate surface area is 437 Å². The number of carbonyl (C=O) groups is 4. The third kappa shape index (κ3) is 16.6. The SMILES string of the molecule is CC[C@H]1OC(=O)[C@H](C)[C@@H](OC2C[C@@](C)(OC)[C@@H](OC(C)=O)[C@H](C)O2)[C@H](C)[C@@H](O[C@@H]2O[C@H](C)C[C@H](N(C)C)[C@H]2OC(C)=O)[C@](C)(OC/C=C/CO[Si](C)(C)C(C)(C)C)C[C@@H](C)C(=NOC(C)=O)[C@H](C)[C@@H](O)[C@]1(C)O. The number of likely N-dealkylation sites (N-methyl/N-ethyl adjacent to an activating group) is 1. The number of ether oxygens (including phenoxy) is 9. The summed E-state index contributed by atoms with van der Waals surface area (Å²) < 4.78 is 65.0. The van der Waals surface area contributed by atoms with Gasteiger partial charge >= 0.3 is 23.9 Å². The monoisotopic (exact) mass is 1060 g/mol. The Kier molecular flexibility index (Phi) is 23.3. The lowest BCUT2D eigenvalue weighted by molar-refractivity contribution is -0.321. The second-order valence-corrected chi connectivity index (χ2v) is 28.0. The molecule has 0 aromatic rings. The number of aliphatic hydroxyl groups excluding tert-OH is 1. The van der Waals surface area contributed by atoms with E-state index in [1.807, 2.05) is 58.8 Å². The zero-order chi connectivity index (χ0) is 55.8. The Balaban J connectivity index is 2.45. The van der Waals surface area contributed by atoms with Crippen LogP contribution in [0.25, 0.3) is 0 Å². The summed E-state index contributed by atoms with van der Waals surface area (Å²) >= 11 is 0. The van der Waals surface area contributed by atoms with Crippen LogP contribution in [0.1, 0.15) is 136 Å². The molecule has 1 unspecified atom stereocenters. The summed E-state index contributed by atoms with van der Waals surface area (Å²) in [6.07, 6.45) is -5.72. The van der Waals surface area contributed by atoms with Crippen molar-refractivity contribution in [2.45, 2.75) is 239 Å². The second-order valence-electron chi connectivity index (χ2n) is 23.1. The minimum Gasteiger partial charge on any atom is -0.459 e. The number of oxime groups is 1. The highest BCUT2D eigenvalue weighted by molar-refractivity contribution is 6.74. The van der Waals surface area contributed by atoms with Gasteiger partial charge in [0.1, 0.15) is 17.3 Å². The maximum atomic E-state index is 14.9. The Morgan fingerprint density at radius 1 is 0.849 bits per heavy atom. The van der Waals surface area contributed by atoms with Gasteiger partial charge in [0, 0.05) is 52.1 Å². The largest absolute Gasteiger partial charge is 0.459 e. The quantitative estimate of drug-likeness (QED) is 0.0401. The Bertz CT molecular complexity index is 1890. The Hall–Kier alpha value is -2.89. The van der Waals surface area contributed by atoms with Gasteiger partial charge in [-0.2, -0.15) is 0 Å². The van der Waals surface area contributed by atoms with Crippen LogP contribution in [0.3, 0.4) is 0 Å². The lowest BCUT2D eigenvalue weighted by Crippen LogP contribution is -2.62. The minimum atomic E-state index is -2.11. The molecule has 19 nitrogen and oxygen atoms in total. The summed E-state index contributed by atoms with van der Waals surface area (Å²) in [5, 5.41) is 28.7. The summed E-state index contributed by atoms with van der Waals surface area (Å²) in [6, 6.07) is -0.347. The molecule has 0 aromatic heterocycles. The summed E-state index contributed by atoms with van der Waals surface area (Å²) in [7, 11) is 3.18. The van der Waals surface area contributed by atoms with Crippen molar-refractivity contribution < 1.29 is 81.3 Å². The number of carbonyl (C=O) groups excluding carboxylic acids is 4. The molecule has 422 valence electrons. The van der Waals surface area contributed by atoms with Crippen LogP contribution in [0.5, 0.6) is 0 Å². The summed E-state index contributed by atoms with van der Waals surface area (Å²) in [4.78, 5) is 59.8. The van der Waals surface area contributed by atoms with Crippen LogP contribution >= 0.6 is 0 Å². The molecule has 0 aliphatic carbocycles. The highest BCUT2D eigenvalue weighted by atomic mass is 28.4. The summed E-state index contributed by atoms with van der Waals surface area (Å²) in [6.45, 7) is 32.5. The van der Waals surface area contributed by atoms with E-state index in [-0.39, 0.29) is 48.8 Å². The molecule has 3 aliphatic heterocycles. The summed E-state index contributed by atoms with van der Waals surface area (Å²) in [5.41, 5.74) is -4.38. The number of hydrogen-bond donors (Lipinski definition) is 2. The third-order valence-corrected chi connectivity index (χ3v) is 20.2. The molecular weight excluding hydrogens is 965 g/mol. The number of aliphatic hydroxyl groups is 2. The number of esters is 3. The van der Waals surface area contributed by atoms with Gasteiger partial charge in [0.05, 0.1) is 67.0 Å². The van der Waals surface area contributed by atoms with Crippen molar-refractivity contribution in [3.05, 3.63) is 12.2 Å². The van der Waals surface area contributed by atoms with E-state index in [2.05, 4.69) is 39.0 Å². The maximum absolute atomic E-state index is 14.9. The molecule has 0 radical (unpaired) electrons. The normalized spacial score (nSPS) is 39.2. The fourth-order valence-electron chi connectivity index (χ4n) is 10.4.